The van der Waals surface area contributed by atoms with Crippen molar-refractivity contribution >= 4 is 34.9 Å². The molecule has 0 atom stereocenters. The molecular weight excluding hydrogens is 320 g/mol. The van der Waals surface area contributed by atoms with Crippen LogP contribution in [0, 0.1) is 0 Å². The van der Waals surface area contributed by atoms with Gasteiger partial charge in [0.15, 0.2) is 8.68 Å². The van der Waals surface area contributed by atoms with Crippen molar-refractivity contribution in [3.63, 3.8) is 0 Å². The summed E-state index contributed by atoms with van der Waals surface area (Å²) in [5.41, 5.74) is 0. The lowest BCUT2D eigenvalue weighted by atomic mass is 10.4. The van der Waals surface area contributed by atoms with Crippen LogP contribution >= 0.6 is 34.9 Å². The van der Waals surface area contributed by atoms with Crippen LogP contribution in [0.4, 0.5) is 0 Å². The summed E-state index contributed by atoms with van der Waals surface area (Å²) in [6.07, 6.45) is 5.51. The number of thioether (sulfide) groups is 2. The number of aromatic nitrogens is 2. The van der Waals surface area contributed by atoms with E-state index in [4.69, 9.17) is 0 Å². The van der Waals surface area contributed by atoms with Crippen molar-refractivity contribution < 1.29 is 0 Å². The monoisotopic (exact) mass is 344 g/mol. The van der Waals surface area contributed by atoms with Gasteiger partial charge in [-0.25, -0.2) is 0 Å². The highest BCUT2D eigenvalue weighted by Crippen LogP contribution is 2.29. The fourth-order valence-corrected chi connectivity index (χ4v) is 6.01. The first-order valence-electron chi connectivity index (χ1n) is 7.94. The number of hydrogen-bond donors (Lipinski definition) is 0. The van der Waals surface area contributed by atoms with E-state index < -0.39 is 0 Å². The molecule has 0 aromatic carbocycles. The summed E-state index contributed by atoms with van der Waals surface area (Å²) in [6.45, 7) is 7.54. The Bertz CT molecular complexity index is 378. The fourth-order valence-electron chi connectivity index (χ4n) is 2.85. The van der Waals surface area contributed by atoms with E-state index >= 15 is 0 Å². The second-order valence-electron chi connectivity index (χ2n) is 5.63. The second kappa shape index (κ2) is 8.72. The predicted octanol–water partition coefficient (Wildman–Crippen LogP) is 2.91. The molecule has 0 unspecified atom stereocenters. The summed E-state index contributed by atoms with van der Waals surface area (Å²) in [4.78, 5) is 5.11. The number of rotatable bonds is 8. The Kier molecular flexibility index (Phi) is 6.66. The topological polar surface area (TPSA) is 32.3 Å². The SMILES string of the molecule is C1CCN(CCSc2nnc(SCCN3CCCC3)s2)C1. The molecule has 3 rings (SSSR count). The lowest BCUT2D eigenvalue weighted by Crippen LogP contribution is -2.21. The summed E-state index contributed by atoms with van der Waals surface area (Å²) in [7, 11) is 0. The first kappa shape index (κ1) is 16.1. The zero-order valence-corrected chi connectivity index (χ0v) is 14.9. The van der Waals surface area contributed by atoms with Crippen LogP contribution in [0.5, 0.6) is 0 Å². The Hall–Kier alpha value is 0.180. The molecule has 2 fully saturated rings. The number of likely N-dealkylation sites (tertiary alicyclic amines) is 2. The van der Waals surface area contributed by atoms with Gasteiger partial charge in [-0.3, -0.25) is 0 Å². The molecule has 0 spiro atoms. The van der Waals surface area contributed by atoms with E-state index in [1.165, 1.54) is 65.0 Å². The van der Waals surface area contributed by atoms with Gasteiger partial charge in [0, 0.05) is 24.6 Å². The molecular formula is C14H24N4S3. The molecule has 1 aromatic rings. The average Bonchev–Trinajstić information content (AvgIpc) is 3.21. The highest BCUT2D eigenvalue weighted by atomic mass is 32.2. The molecule has 0 radical (unpaired) electrons. The third-order valence-corrected chi connectivity index (χ3v) is 7.20. The van der Waals surface area contributed by atoms with Crippen molar-refractivity contribution in [3.8, 4) is 0 Å². The van der Waals surface area contributed by atoms with Crippen LogP contribution in [-0.2, 0) is 0 Å². The van der Waals surface area contributed by atoms with Crippen molar-refractivity contribution in [1.82, 2.24) is 20.0 Å². The van der Waals surface area contributed by atoms with Crippen LogP contribution in [0.25, 0.3) is 0 Å². The molecule has 2 aliphatic rings. The normalized spacial score (nSPS) is 20.6. The quantitative estimate of drug-likeness (QED) is 0.674. The third kappa shape index (κ3) is 5.39. The molecule has 4 nitrogen and oxygen atoms in total. The van der Waals surface area contributed by atoms with Crippen LogP contribution in [0.2, 0.25) is 0 Å². The van der Waals surface area contributed by atoms with Gasteiger partial charge in [0.1, 0.15) is 0 Å². The number of nitrogens with zero attached hydrogens (tertiary/aromatic N) is 4. The van der Waals surface area contributed by atoms with Gasteiger partial charge < -0.3 is 9.80 Å². The van der Waals surface area contributed by atoms with E-state index in [1.807, 2.05) is 23.5 Å². The Morgan fingerprint density at radius 3 is 1.62 bits per heavy atom. The molecule has 7 heteroatoms. The van der Waals surface area contributed by atoms with Crippen LogP contribution in [0.1, 0.15) is 25.7 Å². The summed E-state index contributed by atoms with van der Waals surface area (Å²) >= 11 is 5.50. The summed E-state index contributed by atoms with van der Waals surface area (Å²) < 4.78 is 2.27. The highest BCUT2D eigenvalue weighted by Gasteiger charge is 2.13. The van der Waals surface area contributed by atoms with Crippen molar-refractivity contribution in [2.24, 2.45) is 0 Å². The summed E-state index contributed by atoms with van der Waals surface area (Å²) in [5, 5.41) is 8.62. The third-order valence-electron chi connectivity index (χ3n) is 4.05. The lowest BCUT2D eigenvalue weighted by Gasteiger charge is -2.12. The smallest absolute Gasteiger partial charge is 0.175 e. The van der Waals surface area contributed by atoms with Gasteiger partial charge in [-0.05, 0) is 51.9 Å². The minimum Gasteiger partial charge on any atom is -0.303 e. The Labute approximate surface area is 140 Å². The van der Waals surface area contributed by atoms with Crippen LogP contribution < -0.4 is 0 Å². The predicted molar refractivity (Wildman–Crippen MR) is 92.7 cm³/mol. The van der Waals surface area contributed by atoms with Crippen LogP contribution in [0.15, 0.2) is 8.68 Å². The molecule has 2 saturated heterocycles. The Morgan fingerprint density at radius 1 is 0.762 bits per heavy atom. The molecule has 0 aliphatic carbocycles. The maximum absolute atomic E-state index is 4.31. The zero-order valence-electron chi connectivity index (χ0n) is 12.5. The van der Waals surface area contributed by atoms with Gasteiger partial charge in [0.25, 0.3) is 0 Å². The van der Waals surface area contributed by atoms with Gasteiger partial charge in [-0.2, -0.15) is 0 Å². The molecule has 118 valence electrons. The van der Waals surface area contributed by atoms with Crippen LogP contribution in [-0.4, -0.2) is 70.8 Å². The summed E-state index contributed by atoms with van der Waals surface area (Å²) in [5.74, 6) is 2.29. The lowest BCUT2D eigenvalue weighted by molar-refractivity contribution is 0.362. The van der Waals surface area contributed by atoms with Crippen molar-refractivity contribution in [1.29, 1.82) is 0 Å². The maximum Gasteiger partial charge on any atom is 0.175 e. The first-order valence-corrected chi connectivity index (χ1v) is 10.7. The van der Waals surface area contributed by atoms with Crippen molar-refractivity contribution in [2.45, 2.75) is 34.4 Å². The average molecular weight is 345 g/mol. The Morgan fingerprint density at radius 2 is 1.19 bits per heavy atom. The van der Waals surface area contributed by atoms with E-state index in [-0.39, 0.29) is 0 Å². The molecule has 0 bridgehead atoms. The second-order valence-corrected chi connectivity index (χ2v) is 9.29. The molecule has 3 heterocycles. The van der Waals surface area contributed by atoms with Crippen molar-refractivity contribution in [3.05, 3.63) is 0 Å². The fraction of sp³-hybridized carbons (Fsp3) is 0.857. The number of hydrogen-bond acceptors (Lipinski definition) is 7. The largest absolute Gasteiger partial charge is 0.303 e. The molecule has 21 heavy (non-hydrogen) atoms. The Balaban J connectivity index is 1.31. The molecule has 1 aromatic heterocycles. The van der Waals surface area contributed by atoms with E-state index in [1.54, 1.807) is 11.3 Å². The molecule has 0 N–H and O–H groups in total. The minimum atomic E-state index is 1.14. The van der Waals surface area contributed by atoms with E-state index in [0.29, 0.717) is 0 Å². The van der Waals surface area contributed by atoms with Gasteiger partial charge >= 0.3 is 0 Å². The summed E-state index contributed by atoms with van der Waals surface area (Å²) in [6, 6.07) is 0. The highest BCUT2D eigenvalue weighted by molar-refractivity contribution is 8.03. The van der Waals surface area contributed by atoms with Gasteiger partial charge in [-0.15, -0.1) is 10.2 Å². The van der Waals surface area contributed by atoms with E-state index in [0.717, 1.165) is 20.2 Å². The zero-order chi connectivity index (χ0) is 14.3. The van der Waals surface area contributed by atoms with E-state index in [9.17, 15) is 0 Å². The molecule has 0 saturated carbocycles. The van der Waals surface area contributed by atoms with Gasteiger partial charge in [0.05, 0.1) is 0 Å². The first-order chi connectivity index (χ1) is 10.4. The molecule has 2 aliphatic heterocycles. The molecule has 0 amide bonds. The standard InChI is InChI=1S/C14H24N4S3/c1-2-6-17(5-1)9-11-19-13-15-16-14(21-13)20-12-10-18-7-3-4-8-18/h1-12H2. The van der Waals surface area contributed by atoms with Gasteiger partial charge in [-0.1, -0.05) is 34.9 Å². The maximum atomic E-state index is 4.31. The van der Waals surface area contributed by atoms with Gasteiger partial charge in [0.2, 0.25) is 0 Å². The minimum absolute atomic E-state index is 1.14. The van der Waals surface area contributed by atoms with Crippen LogP contribution in [0.3, 0.4) is 0 Å². The van der Waals surface area contributed by atoms with Crippen molar-refractivity contribution in [2.75, 3.05) is 50.8 Å². The van der Waals surface area contributed by atoms with E-state index in [2.05, 4.69) is 20.0 Å².